The molecular weight excluding hydrogens is 275 g/mol. The van der Waals surface area contributed by atoms with Gasteiger partial charge in [-0.05, 0) is 26.7 Å². The highest BCUT2D eigenvalue weighted by Crippen LogP contribution is 2.26. The molecule has 2 heteroatoms. The Kier molecular flexibility index (Phi) is 5.63. The van der Waals surface area contributed by atoms with Crippen LogP contribution in [0.5, 0.6) is 0 Å². The van der Waals surface area contributed by atoms with E-state index in [0.717, 1.165) is 3.92 Å². The van der Waals surface area contributed by atoms with Crippen LogP contribution in [0.2, 0.25) is 0 Å². The van der Waals surface area contributed by atoms with Crippen molar-refractivity contribution in [3.63, 3.8) is 0 Å². The first-order chi connectivity index (χ1) is 6.20. The zero-order valence-corrected chi connectivity index (χ0v) is 10.9. The highest BCUT2D eigenvalue weighted by atomic mass is 127. The van der Waals surface area contributed by atoms with E-state index >= 15 is 0 Å². The Morgan fingerprint density at radius 3 is 2.31 bits per heavy atom. The van der Waals surface area contributed by atoms with E-state index in [9.17, 15) is 0 Å². The first-order valence-electron chi connectivity index (χ1n) is 5.49. The van der Waals surface area contributed by atoms with Gasteiger partial charge in [-0.1, -0.05) is 48.3 Å². The maximum atomic E-state index is 5.93. The molecule has 0 aliphatic heterocycles. The highest BCUT2D eigenvalue weighted by molar-refractivity contribution is 14.1. The second-order valence-corrected chi connectivity index (χ2v) is 5.83. The standard InChI is InChI=1S/C11H21IO/c1-9(2)13-11-8-6-4-3-5-7-10(11)12/h9-11H,3-8H2,1-2H3. The Hall–Kier alpha value is 0.690. The average molecular weight is 296 g/mol. The Labute approximate surface area is 95.8 Å². The van der Waals surface area contributed by atoms with Crippen molar-refractivity contribution in [1.82, 2.24) is 0 Å². The second kappa shape index (κ2) is 6.23. The molecule has 0 bridgehead atoms. The highest BCUT2D eigenvalue weighted by Gasteiger charge is 2.21. The van der Waals surface area contributed by atoms with Crippen LogP contribution in [0.3, 0.4) is 0 Å². The van der Waals surface area contributed by atoms with Crippen LogP contribution >= 0.6 is 22.6 Å². The number of halogens is 1. The third-order valence-electron chi connectivity index (χ3n) is 2.57. The quantitative estimate of drug-likeness (QED) is 0.554. The number of ether oxygens (including phenoxy) is 1. The summed E-state index contributed by atoms with van der Waals surface area (Å²) < 4.78 is 6.67. The van der Waals surface area contributed by atoms with Crippen molar-refractivity contribution >= 4 is 22.6 Å². The summed E-state index contributed by atoms with van der Waals surface area (Å²) in [6.07, 6.45) is 9.10. The van der Waals surface area contributed by atoms with E-state index in [1.54, 1.807) is 0 Å². The normalized spacial score (nSPS) is 31.4. The van der Waals surface area contributed by atoms with Gasteiger partial charge in [0.1, 0.15) is 0 Å². The summed E-state index contributed by atoms with van der Waals surface area (Å²) in [6.45, 7) is 4.28. The van der Waals surface area contributed by atoms with Crippen LogP contribution in [0.4, 0.5) is 0 Å². The van der Waals surface area contributed by atoms with Gasteiger partial charge >= 0.3 is 0 Å². The molecule has 0 radical (unpaired) electrons. The van der Waals surface area contributed by atoms with Crippen molar-refractivity contribution in [3.05, 3.63) is 0 Å². The van der Waals surface area contributed by atoms with E-state index in [1.165, 1.54) is 38.5 Å². The summed E-state index contributed by atoms with van der Waals surface area (Å²) >= 11 is 2.57. The third kappa shape index (κ3) is 4.63. The lowest BCUT2D eigenvalue weighted by Gasteiger charge is -2.27. The SMILES string of the molecule is CC(C)OC1CCCCCCC1I. The minimum Gasteiger partial charge on any atom is -0.374 e. The van der Waals surface area contributed by atoms with Crippen molar-refractivity contribution < 1.29 is 4.74 Å². The van der Waals surface area contributed by atoms with Crippen LogP contribution in [0, 0.1) is 0 Å². The fraction of sp³-hybridized carbons (Fsp3) is 1.00. The number of hydrogen-bond acceptors (Lipinski definition) is 1. The van der Waals surface area contributed by atoms with Gasteiger partial charge in [-0.25, -0.2) is 0 Å². The molecular formula is C11H21IO. The molecule has 2 atom stereocenters. The molecule has 78 valence electrons. The molecule has 0 spiro atoms. The molecule has 0 aromatic carbocycles. The van der Waals surface area contributed by atoms with Gasteiger partial charge in [-0.3, -0.25) is 0 Å². The van der Waals surface area contributed by atoms with Crippen molar-refractivity contribution in [2.24, 2.45) is 0 Å². The lowest BCUT2D eigenvalue weighted by molar-refractivity contribution is 0.000399. The zero-order valence-electron chi connectivity index (χ0n) is 8.76. The van der Waals surface area contributed by atoms with Crippen LogP contribution in [0.1, 0.15) is 52.4 Å². The van der Waals surface area contributed by atoms with E-state index in [2.05, 4.69) is 36.4 Å². The molecule has 0 N–H and O–H groups in total. The Morgan fingerprint density at radius 2 is 1.69 bits per heavy atom. The monoisotopic (exact) mass is 296 g/mol. The van der Waals surface area contributed by atoms with Crippen molar-refractivity contribution in [3.8, 4) is 0 Å². The van der Waals surface area contributed by atoms with Crippen molar-refractivity contribution in [1.29, 1.82) is 0 Å². The van der Waals surface area contributed by atoms with E-state index in [0.29, 0.717) is 12.2 Å². The van der Waals surface area contributed by atoms with Crippen molar-refractivity contribution in [2.75, 3.05) is 0 Å². The van der Waals surface area contributed by atoms with E-state index in [1.807, 2.05) is 0 Å². The molecule has 0 saturated heterocycles. The van der Waals surface area contributed by atoms with E-state index in [-0.39, 0.29) is 0 Å². The van der Waals surface area contributed by atoms with Crippen LogP contribution in [0.15, 0.2) is 0 Å². The predicted molar refractivity (Wildman–Crippen MR) is 65.5 cm³/mol. The van der Waals surface area contributed by atoms with Gasteiger partial charge in [0.05, 0.1) is 12.2 Å². The molecule has 2 unspecified atom stereocenters. The van der Waals surface area contributed by atoms with Gasteiger partial charge in [0.25, 0.3) is 0 Å². The summed E-state index contributed by atoms with van der Waals surface area (Å²) in [6, 6.07) is 0. The fourth-order valence-electron chi connectivity index (χ4n) is 1.91. The molecule has 1 nitrogen and oxygen atoms in total. The summed E-state index contributed by atoms with van der Waals surface area (Å²) in [5.74, 6) is 0. The third-order valence-corrected chi connectivity index (χ3v) is 3.99. The zero-order chi connectivity index (χ0) is 9.68. The Bertz CT molecular complexity index is 136. The lowest BCUT2D eigenvalue weighted by Crippen LogP contribution is -2.28. The fourth-order valence-corrected chi connectivity index (χ4v) is 2.88. The first-order valence-corrected chi connectivity index (χ1v) is 6.74. The smallest absolute Gasteiger partial charge is 0.0696 e. The molecule has 1 aliphatic carbocycles. The van der Waals surface area contributed by atoms with Gasteiger partial charge in [0.15, 0.2) is 0 Å². The number of hydrogen-bond donors (Lipinski definition) is 0. The van der Waals surface area contributed by atoms with Gasteiger partial charge in [0.2, 0.25) is 0 Å². The van der Waals surface area contributed by atoms with Gasteiger partial charge in [-0.15, -0.1) is 0 Å². The molecule has 1 saturated carbocycles. The van der Waals surface area contributed by atoms with Crippen LogP contribution < -0.4 is 0 Å². The molecule has 0 aromatic rings. The molecule has 1 fully saturated rings. The van der Waals surface area contributed by atoms with Crippen LogP contribution in [0.25, 0.3) is 0 Å². The molecule has 1 rings (SSSR count). The number of rotatable bonds is 2. The van der Waals surface area contributed by atoms with Gasteiger partial charge in [0, 0.05) is 3.92 Å². The average Bonchev–Trinajstić information content (AvgIpc) is 2.04. The predicted octanol–water partition coefficient (Wildman–Crippen LogP) is 3.94. The second-order valence-electron chi connectivity index (χ2n) is 4.23. The number of alkyl halides is 1. The first kappa shape index (κ1) is 11.8. The summed E-state index contributed by atoms with van der Waals surface area (Å²) in [5.41, 5.74) is 0. The largest absolute Gasteiger partial charge is 0.374 e. The maximum Gasteiger partial charge on any atom is 0.0696 e. The maximum absolute atomic E-state index is 5.93. The molecule has 13 heavy (non-hydrogen) atoms. The Morgan fingerprint density at radius 1 is 1.08 bits per heavy atom. The Balaban J connectivity index is 2.37. The summed E-state index contributed by atoms with van der Waals surface area (Å²) in [7, 11) is 0. The molecule has 0 aromatic heterocycles. The van der Waals surface area contributed by atoms with E-state index < -0.39 is 0 Å². The van der Waals surface area contributed by atoms with Gasteiger partial charge in [-0.2, -0.15) is 0 Å². The molecule has 0 amide bonds. The molecule has 1 aliphatic rings. The minimum absolute atomic E-state index is 0.390. The summed E-state index contributed by atoms with van der Waals surface area (Å²) in [4.78, 5) is 0. The van der Waals surface area contributed by atoms with Crippen molar-refractivity contribution in [2.45, 2.75) is 68.5 Å². The topological polar surface area (TPSA) is 9.23 Å². The van der Waals surface area contributed by atoms with E-state index in [4.69, 9.17) is 4.74 Å². The van der Waals surface area contributed by atoms with Gasteiger partial charge < -0.3 is 4.74 Å². The molecule has 0 heterocycles. The van der Waals surface area contributed by atoms with Crippen LogP contribution in [-0.4, -0.2) is 16.1 Å². The van der Waals surface area contributed by atoms with Crippen LogP contribution in [-0.2, 0) is 4.74 Å². The lowest BCUT2D eigenvalue weighted by atomic mass is 9.98. The minimum atomic E-state index is 0.390. The summed E-state index contributed by atoms with van der Waals surface area (Å²) in [5, 5.41) is 0.